The number of ether oxygens (including phenoxy) is 1. The molecule has 1 aromatic heterocycles. The van der Waals surface area contributed by atoms with Crippen LogP contribution in [0.1, 0.15) is 10.5 Å². The van der Waals surface area contributed by atoms with Gasteiger partial charge in [0.25, 0.3) is 5.91 Å². The number of aromatic nitrogens is 2. The third-order valence-corrected chi connectivity index (χ3v) is 2.66. The summed E-state index contributed by atoms with van der Waals surface area (Å²) in [5.41, 5.74) is 0.244. The molecular weight excluding hydrogens is 246 g/mol. The number of aliphatic hydroxyl groups is 1. The zero-order valence-electron chi connectivity index (χ0n) is 9.04. The molecule has 1 saturated heterocycles. The van der Waals surface area contributed by atoms with Crippen LogP contribution in [0.4, 0.5) is 0 Å². The van der Waals surface area contributed by atoms with E-state index in [4.69, 9.17) is 21.4 Å². The van der Waals surface area contributed by atoms with Gasteiger partial charge in [0.2, 0.25) is 0 Å². The number of nitrogens with zero attached hydrogens (tertiary/aromatic N) is 3. The molecule has 1 unspecified atom stereocenters. The van der Waals surface area contributed by atoms with Gasteiger partial charge in [-0.15, -0.1) is 0 Å². The maximum Gasteiger partial charge on any atom is 0.274 e. The number of hydrogen-bond donors (Lipinski definition) is 1. The van der Waals surface area contributed by atoms with Gasteiger partial charge < -0.3 is 14.7 Å². The van der Waals surface area contributed by atoms with Crippen LogP contribution in [0.5, 0.6) is 0 Å². The van der Waals surface area contributed by atoms with Crippen molar-refractivity contribution in [3.8, 4) is 0 Å². The number of halogens is 1. The topological polar surface area (TPSA) is 75.6 Å². The normalized spacial score (nSPS) is 20.4. The summed E-state index contributed by atoms with van der Waals surface area (Å²) >= 11 is 5.60. The van der Waals surface area contributed by atoms with Crippen LogP contribution in [-0.4, -0.2) is 58.3 Å². The highest BCUT2D eigenvalue weighted by atomic mass is 35.5. The Labute approximate surface area is 103 Å². The largest absolute Gasteiger partial charge is 0.394 e. The molecule has 0 radical (unpaired) electrons. The standard InChI is InChI=1S/C10H12ClN3O3/c11-9-4-12-8(3-13-9)10(16)14-1-2-17-7(5-14)6-15/h3-4,7,15H,1-2,5-6H2. The van der Waals surface area contributed by atoms with E-state index in [2.05, 4.69) is 9.97 Å². The fraction of sp³-hybridized carbons (Fsp3) is 0.500. The molecule has 1 N–H and O–H groups in total. The summed E-state index contributed by atoms with van der Waals surface area (Å²) in [6.45, 7) is 1.16. The summed E-state index contributed by atoms with van der Waals surface area (Å²) in [7, 11) is 0. The Kier molecular flexibility index (Phi) is 3.88. The van der Waals surface area contributed by atoms with Crippen molar-refractivity contribution >= 4 is 17.5 Å². The lowest BCUT2D eigenvalue weighted by atomic mass is 10.2. The second-order valence-electron chi connectivity index (χ2n) is 3.65. The van der Waals surface area contributed by atoms with E-state index in [1.807, 2.05) is 0 Å². The van der Waals surface area contributed by atoms with Crippen LogP contribution in [0, 0.1) is 0 Å². The molecule has 0 spiro atoms. The summed E-state index contributed by atoms with van der Waals surface area (Å²) in [5, 5.41) is 9.24. The minimum atomic E-state index is -0.326. The molecule has 7 heteroatoms. The first-order valence-corrected chi connectivity index (χ1v) is 5.58. The molecule has 1 aliphatic heterocycles. The highest BCUT2D eigenvalue weighted by Gasteiger charge is 2.25. The molecule has 1 fully saturated rings. The van der Waals surface area contributed by atoms with Crippen molar-refractivity contribution in [3.05, 3.63) is 23.2 Å². The van der Waals surface area contributed by atoms with Gasteiger partial charge in [-0.1, -0.05) is 11.6 Å². The maximum absolute atomic E-state index is 12.0. The van der Waals surface area contributed by atoms with E-state index >= 15 is 0 Å². The van der Waals surface area contributed by atoms with E-state index in [1.54, 1.807) is 4.90 Å². The summed E-state index contributed by atoms with van der Waals surface area (Å²) in [4.78, 5) is 21.3. The number of amides is 1. The first kappa shape index (κ1) is 12.2. The number of carbonyl (C=O) groups is 1. The van der Waals surface area contributed by atoms with Crippen molar-refractivity contribution in [2.75, 3.05) is 26.3 Å². The van der Waals surface area contributed by atoms with Crippen LogP contribution in [-0.2, 0) is 4.74 Å². The molecule has 0 bridgehead atoms. The van der Waals surface area contributed by atoms with E-state index in [0.29, 0.717) is 19.7 Å². The summed E-state index contributed by atoms with van der Waals surface area (Å²) < 4.78 is 5.26. The van der Waals surface area contributed by atoms with Gasteiger partial charge in [-0.3, -0.25) is 4.79 Å². The zero-order valence-corrected chi connectivity index (χ0v) is 9.80. The quantitative estimate of drug-likeness (QED) is 0.805. The van der Waals surface area contributed by atoms with Gasteiger partial charge in [0, 0.05) is 13.1 Å². The molecule has 1 aromatic rings. The summed E-state index contributed by atoms with van der Waals surface area (Å²) in [6.07, 6.45) is 2.35. The molecule has 0 aromatic carbocycles. The van der Waals surface area contributed by atoms with Gasteiger partial charge in [-0.25, -0.2) is 9.97 Å². The lowest BCUT2D eigenvalue weighted by Crippen LogP contribution is -2.47. The van der Waals surface area contributed by atoms with Crippen molar-refractivity contribution < 1.29 is 14.6 Å². The minimum absolute atomic E-state index is 0.101. The van der Waals surface area contributed by atoms with Crippen LogP contribution in [0.2, 0.25) is 5.15 Å². The summed E-state index contributed by atoms with van der Waals surface area (Å²) in [5.74, 6) is -0.226. The lowest BCUT2D eigenvalue weighted by molar-refractivity contribution is -0.0448. The van der Waals surface area contributed by atoms with Gasteiger partial charge in [-0.2, -0.15) is 0 Å². The van der Waals surface area contributed by atoms with Crippen molar-refractivity contribution in [1.29, 1.82) is 0 Å². The van der Waals surface area contributed by atoms with Gasteiger partial charge in [-0.05, 0) is 0 Å². The first-order chi connectivity index (χ1) is 8.20. The predicted octanol–water partition coefficient (Wildman–Crippen LogP) is -0.0367. The Morgan fingerprint density at radius 1 is 1.59 bits per heavy atom. The third-order valence-electron chi connectivity index (χ3n) is 2.47. The van der Waals surface area contributed by atoms with E-state index in [1.165, 1.54) is 12.4 Å². The molecule has 0 aliphatic carbocycles. The van der Waals surface area contributed by atoms with Crippen LogP contribution in [0.15, 0.2) is 12.4 Å². The minimum Gasteiger partial charge on any atom is -0.394 e. The molecule has 1 aliphatic rings. The first-order valence-electron chi connectivity index (χ1n) is 5.20. The van der Waals surface area contributed by atoms with Crippen molar-refractivity contribution in [1.82, 2.24) is 14.9 Å². The molecule has 17 heavy (non-hydrogen) atoms. The Morgan fingerprint density at radius 2 is 2.41 bits per heavy atom. The van der Waals surface area contributed by atoms with E-state index in [9.17, 15) is 4.79 Å². The highest BCUT2D eigenvalue weighted by Crippen LogP contribution is 2.09. The fourth-order valence-corrected chi connectivity index (χ4v) is 1.70. The molecule has 1 atom stereocenters. The Hall–Kier alpha value is -1.24. The van der Waals surface area contributed by atoms with Crippen LogP contribution in [0.25, 0.3) is 0 Å². The molecule has 92 valence electrons. The molecule has 6 nitrogen and oxygen atoms in total. The smallest absolute Gasteiger partial charge is 0.274 e. The van der Waals surface area contributed by atoms with Crippen molar-refractivity contribution in [2.24, 2.45) is 0 Å². The van der Waals surface area contributed by atoms with Crippen LogP contribution < -0.4 is 0 Å². The Bertz CT molecular complexity index is 398. The second-order valence-corrected chi connectivity index (χ2v) is 4.04. The maximum atomic E-state index is 12.0. The molecule has 2 heterocycles. The van der Waals surface area contributed by atoms with E-state index in [-0.39, 0.29) is 29.5 Å². The van der Waals surface area contributed by atoms with Crippen molar-refractivity contribution in [2.45, 2.75) is 6.10 Å². The highest BCUT2D eigenvalue weighted by molar-refractivity contribution is 6.29. The monoisotopic (exact) mass is 257 g/mol. The number of carbonyl (C=O) groups excluding carboxylic acids is 1. The lowest BCUT2D eigenvalue weighted by Gasteiger charge is -2.31. The Morgan fingerprint density at radius 3 is 3.06 bits per heavy atom. The number of morpholine rings is 1. The van der Waals surface area contributed by atoms with E-state index < -0.39 is 0 Å². The predicted molar refractivity (Wildman–Crippen MR) is 59.8 cm³/mol. The number of hydrogen-bond acceptors (Lipinski definition) is 5. The van der Waals surface area contributed by atoms with Crippen LogP contribution in [0.3, 0.4) is 0 Å². The van der Waals surface area contributed by atoms with Crippen molar-refractivity contribution in [3.63, 3.8) is 0 Å². The number of rotatable bonds is 2. The van der Waals surface area contributed by atoms with E-state index in [0.717, 1.165) is 0 Å². The summed E-state index contributed by atoms with van der Waals surface area (Å²) in [6, 6.07) is 0. The third kappa shape index (κ3) is 2.91. The molecule has 1 amide bonds. The zero-order chi connectivity index (χ0) is 12.3. The van der Waals surface area contributed by atoms with Crippen LogP contribution >= 0.6 is 11.6 Å². The average Bonchev–Trinajstić information content (AvgIpc) is 2.39. The van der Waals surface area contributed by atoms with Gasteiger partial charge in [0.1, 0.15) is 10.8 Å². The molecule has 0 saturated carbocycles. The number of aliphatic hydroxyl groups excluding tert-OH is 1. The SMILES string of the molecule is O=C(c1cnc(Cl)cn1)N1CCOC(CO)C1. The molecular formula is C10H12ClN3O3. The van der Waals surface area contributed by atoms with Gasteiger partial charge in [0.05, 0.1) is 31.7 Å². The van der Waals surface area contributed by atoms with Gasteiger partial charge >= 0.3 is 0 Å². The van der Waals surface area contributed by atoms with Gasteiger partial charge in [0.15, 0.2) is 0 Å². The average molecular weight is 258 g/mol. The second kappa shape index (κ2) is 5.39. The molecule has 2 rings (SSSR count). The Balaban J connectivity index is 2.06. The fourth-order valence-electron chi connectivity index (χ4n) is 1.60.